The summed E-state index contributed by atoms with van der Waals surface area (Å²) >= 11 is 0. The summed E-state index contributed by atoms with van der Waals surface area (Å²) in [4.78, 5) is 4.00. The molecule has 0 fully saturated rings. The SMILES string of the molecule is CC(NCCC(O)c1cccnc1)C(O)c1ccccc1. The fraction of sp³-hybridized carbons (Fsp3) is 0.353. The second-order valence-corrected chi connectivity index (χ2v) is 5.19. The molecule has 4 heteroatoms. The Kier molecular flexibility index (Phi) is 5.87. The van der Waals surface area contributed by atoms with Crippen LogP contribution in [0.4, 0.5) is 0 Å². The van der Waals surface area contributed by atoms with Gasteiger partial charge in [0.2, 0.25) is 0 Å². The Morgan fingerprint density at radius 2 is 1.76 bits per heavy atom. The molecule has 0 aliphatic rings. The zero-order chi connectivity index (χ0) is 15.1. The molecule has 0 aliphatic heterocycles. The Balaban J connectivity index is 1.78. The van der Waals surface area contributed by atoms with Gasteiger partial charge in [-0.25, -0.2) is 0 Å². The summed E-state index contributed by atoms with van der Waals surface area (Å²) in [7, 11) is 0. The van der Waals surface area contributed by atoms with Crippen molar-refractivity contribution in [2.24, 2.45) is 0 Å². The highest BCUT2D eigenvalue weighted by atomic mass is 16.3. The highest BCUT2D eigenvalue weighted by Crippen LogP contribution is 2.17. The number of hydrogen-bond donors (Lipinski definition) is 3. The number of pyridine rings is 1. The van der Waals surface area contributed by atoms with Crippen LogP contribution in [0.15, 0.2) is 54.9 Å². The first-order valence-corrected chi connectivity index (χ1v) is 7.23. The number of hydrogen-bond acceptors (Lipinski definition) is 4. The normalized spacial score (nSPS) is 15.4. The van der Waals surface area contributed by atoms with Gasteiger partial charge < -0.3 is 15.5 Å². The molecule has 112 valence electrons. The zero-order valence-electron chi connectivity index (χ0n) is 12.2. The lowest BCUT2D eigenvalue weighted by Gasteiger charge is -2.21. The lowest BCUT2D eigenvalue weighted by atomic mass is 10.0. The molecule has 3 unspecified atom stereocenters. The van der Waals surface area contributed by atoms with E-state index in [1.807, 2.05) is 49.4 Å². The topological polar surface area (TPSA) is 65.4 Å². The molecule has 1 aromatic heterocycles. The highest BCUT2D eigenvalue weighted by Gasteiger charge is 2.16. The summed E-state index contributed by atoms with van der Waals surface area (Å²) in [6.45, 7) is 2.56. The van der Waals surface area contributed by atoms with Gasteiger partial charge in [-0.15, -0.1) is 0 Å². The molecule has 0 radical (unpaired) electrons. The maximum atomic E-state index is 10.2. The van der Waals surface area contributed by atoms with E-state index in [1.165, 1.54) is 0 Å². The predicted octanol–water partition coefficient (Wildman–Crippen LogP) is 2.22. The van der Waals surface area contributed by atoms with Crippen molar-refractivity contribution in [3.05, 3.63) is 66.0 Å². The molecular formula is C17H22N2O2. The third-order valence-electron chi connectivity index (χ3n) is 3.57. The van der Waals surface area contributed by atoms with Gasteiger partial charge in [-0.05, 0) is 37.1 Å². The van der Waals surface area contributed by atoms with E-state index in [2.05, 4.69) is 10.3 Å². The first-order valence-electron chi connectivity index (χ1n) is 7.23. The number of aliphatic hydroxyl groups is 2. The molecule has 0 amide bonds. The van der Waals surface area contributed by atoms with Crippen molar-refractivity contribution >= 4 is 0 Å². The molecule has 0 saturated carbocycles. The smallest absolute Gasteiger partial charge is 0.0940 e. The Hall–Kier alpha value is -1.75. The molecule has 1 aromatic carbocycles. The minimum atomic E-state index is -0.554. The van der Waals surface area contributed by atoms with Gasteiger partial charge in [-0.3, -0.25) is 4.98 Å². The Morgan fingerprint density at radius 3 is 2.43 bits per heavy atom. The Labute approximate surface area is 125 Å². The number of aliphatic hydroxyl groups excluding tert-OH is 2. The van der Waals surface area contributed by atoms with Crippen molar-refractivity contribution in [1.82, 2.24) is 10.3 Å². The molecule has 2 aromatic rings. The van der Waals surface area contributed by atoms with Crippen molar-refractivity contribution in [2.75, 3.05) is 6.54 Å². The number of nitrogens with zero attached hydrogens (tertiary/aromatic N) is 1. The van der Waals surface area contributed by atoms with Crippen LogP contribution in [0.2, 0.25) is 0 Å². The first kappa shape index (κ1) is 15.6. The molecule has 0 saturated heterocycles. The third-order valence-corrected chi connectivity index (χ3v) is 3.57. The van der Waals surface area contributed by atoms with Gasteiger partial charge >= 0.3 is 0 Å². The van der Waals surface area contributed by atoms with Crippen LogP contribution in [0.1, 0.15) is 36.7 Å². The Bertz CT molecular complexity index is 519. The van der Waals surface area contributed by atoms with Crippen LogP contribution >= 0.6 is 0 Å². The average Bonchev–Trinajstić information content (AvgIpc) is 2.55. The van der Waals surface area contributed by atoms with Crippen molar-refractivity contribution in [2.45, 2.75) is 31.6 Å². The van der Waals surface area contributed by atoms with Crippen LogP contribution < -0.4 is 5.32 Å². The fourth-order valence-corrected chi connectivity index (χ4v) is 2.24. The van der Waals surface area contributed by atoms with Crippen LogP contribution in [-0.4, -0.2) is 27.8 Å². The van der Waals surface area contributed by atoms with E-state index < -0.39 is 12.2 Å². The highest BCUT2D eigenvalue weighted by molar-refractivity contribution is 5.18. The van der Waals surface area contributed by atoms with Crippen LogP contribution in [-0.2, 0) is 0 Å². The standard InChI is InChI=1S/C17H22N2O2/c1-13(17(21)14-6-3-2-4-7-14)19-11-9-16(20)15-8-5-10-18-12-15/h2-8,10,12-13,16-17,19-21H,9,11H2,1H3. The molecule has 3 atom stereocenters. The van der Waals surface area contributed by atoms with Crippen molar-refractivity contribution in [3.8, 4) is 0 Å². The van der Waals surface area contributed by atoms with Gasteiger partial charge in [-0.2, -0.15) is 0 Å². The van der Waals surface area contributed by atoms with E-state index in [0.717, 1.165) is 11.1 Å². The summed E-state index contributed by atoms with van der Waals surface area (Å²) in [6, 6.07) is 13.2. The summed E-state index contributed by atoms with van der Waals surface area (Å²) < 4.78 is 0. The van der Waals surface area contributed by atoms with Crippen LogP contribution in [0, 0.1) is 0 Å². The maximum Gasteiger partial charge on any atom is 0.0940 e. The number of rotatable bonds is 7. The number of aromatic nitrogens is 1. The van der Waals surface area contributed by atoms with E-state index in [-0.39, 0.29) is 6.04 Å². The van der Waals surface area contributed by atoms with Gasteiger partial charge in [0, 0.05) is 18.4 Å². The molecule has 0 spiro atoms. The molecular weight excluding hydrogens is 264 g/mol. The quantitative estimate of drug-likeness (QED) is 0.730. The lowest BCUT2D eigenvalue weighted by molar-refractivity contribution is 0.127. The predicted molar refractivity (Wildman–Crippen MR) is 82.7 cm³/mol. The second-order valence-electron chi connectivity index (χ2n) is 5.19. The van der Waals surface area contributed by atoms with E-state index in [9.17, 15) is 10.2 Å². The molecule has 0 bridgehead atoms. The molecule has 21 heavy (non-hydrogen) atoms. The maximum absolute atomic E-state index is 10.2. The van der Waals surface area contributed by atoms with Gasteiger partial charge in [-0.1, -0.05) is 36.4 Å². The lowest BCUT2D eigenvalue weighted by Crippen LogP contribution is -2.33. The molecule has 2 rings (SSSR count). The van der Waals surface area contributed by atoms with Gasteiger partial charge in [0.15, 0.2) is 0 Å². The van der Waals surface area contributed by atoms with E-state index in [0.29, 0.717) is 13.0 Å². The first-order chi connectivity index (χ1) is 10.2. The van der Waals surface area contributed by atoms with Crippen molar-refractivity contribution in [1.29, 1.82) is 0 Å². The van der Waals surface area contributed by atoms with Crippen LogP contribution in [0.5, 0.6) is 0 Å². The third kappa shape index (κ3) is 4.63. The van der Waals surface area contributed by atoms with Gasteiger partial charge in [0.1, 0.15) is 0 Å². The molecule has 1 heterocycles. The zero-order valence-corrected chi connectivity index (χ0v) is 12.2. The minimum Gasteiger partial charge on any atom is -0.388 e. The molecule has 3 N–H and O–H groups in total. The second kappa shape index (κ2) is 7.88. The summed E-state index contributed by atoms with van der Waals surface area (Å²) in [5, 5.41) is 23.5. The van der Waals surface area contributed by atoms with Crippen molar-refractivity contribution in [3.63, 3.8) is 0 Å². The van der Waals surface area contributed by atoms with E-state index >= 15 is 0 Å². The summed E-state index contributed by atoms with van der Waals surface area (Å²) in [6.07, 6.45) is 2.85. The number of benzene rings is 1. The van der Waals surface area contributed by atoms with E-state index in [1.54, 1.807) is 12.4 Å². The van der Waals surface area contributed by atoms with Gasteiger partial charge in [0.25, 0.3) is 0 Å². The van der Waals surface area contributed by atoms with Gasteiger partial charge in [0.05, 0.1) is 12.2 Å². The Morgan fingerprint density at radius 1 is 1.05 bits per heavy atom. The fourth-order valence-electron chi connectivity index (χ4n) is 2.24. The van der Waals surface area contributed by atoms with Crippen LogP contribution in [0.3, 0.4) is 0 Å². The van der Waals surface area contributed by atoms with E-state index in [4.69, 9.17) is 0 Å². The average molecular weight is 286 g/mol. The molecule has 4 nitrogen and oxygen atoms in total. The summed E-state index contributed by atoms with van der Waals surface area (Å²) in [5.41, 5.74) is 1.71. The monoisotopic (exact) mass is 286 g/mol. The molecule has 0 aliphatic carbocycles. The van der Waals surface area contributed by atoms with Crippen molar-refractivity contribution < 1.29 is 10.2 Å². The number of nitrogens with one attached hydrogen (secondary N) is 1. The van der Waals surface area contributed by atoms with Crippen LogP contribution in [0.25, 0.3) is 0 Å². The summed E-state index contributed by atoms with van der Waals surface area (Å²) in [5.74, 6) is 0. The largest absolute Gasteiger partial charge is 0.388 e. The minimum absolute atomic E-state index is 0.0755.